The number of hydrogen-bond acceptors (Lipinski definition) is 4. The summed E-state index contributed by atoms with van der Waals surface area (Å²) in [6.07, 6.45) is 0.676. The molecule has 0 bridgehead atoms. The first-order valence-corrected chi connectivity index (χ1v) is 4.60. The Morgan fingerprint density at radius 3 is 2.54 bits per heavy atom. The lowest BCUT2D eigenvalue weighted by atomic mass is 10.1. The third-order valence-electron chi connectivity index (χ3n) is 1.86. The number of rotatable bonds is 1. The van der Waals surface area contributed by atoms with Gasteiger partial charge in [0.25, 0.3) is 0 Å². The van der Waals surface area contributed by atoms with Crippen LogP contribution in [0.15, 0.2) is 0 Å². The molecule has 1 aliphatic rings. The van der Waals surface area contributed by atoms with E-state index >= 15 is 0 Å². The molecule has 0 aliphatic carbocycles. The second-order valence-electron chi connectivity index (χ2n) is 4.49. The van der Waals surface area contributed by atoms with E-state index in [1.807, 2.05) is 20.8 Å². The summed E-state index contributed by atoms with van der Waals surface area (Å²) < 4.78 is 5.21. The van der Waals surface area contributed by atoms with Crippen LogP contribution in [0.3, 0.4) is 0 Å². The van der Waals surface area contributed by atoms with E-state index in [9.17, 15) is 4.79 Å². The fraction of sp³-hybridized carbons (Fsp3) is 0.889. The Morgan fingerprint density at radius 1 is 1.54 bits per heavy atom. The molecule has 1 unspecified atom stereocenters. The largest absolute Gasteiger partial charge is 0.459 e. The lowest BCUT2D eigenvalue weighted by molar-refractivity contribution is -0.157. The highest BCUT2D eigenvalue weighted by molar-refractivity contribution is 5.76. The first-order chi connectivity index (χ1) is 5.88. The first kappa shape index (κ1) is 10.5. The van der Waals surface area contributed by atoms with Crippen molar-refractivity contribution in [2.75, 3.05) is 6.54 Å². The maximum Gasteiger partial charge on any atom is 0.323 e. The number of carbonyl (C=O) groups excluding carboxylic acids is 1. The molecule has 0 aromatic heterocycles. The fourth-order valence-corrected chi connectivity index (χ4v) is 1.32. The summed E-state index contributed by atoms with van der Waals surface area (Å²) in [5, 5.41) is 3.03. The van der Waals surface area contributed by atoms with Crippen LogP contribution in [0.4, 0.5) is 0 Å². The topological polar surface area (TPSA) is 64.3 Å². The minimum atomic E-state index is -0.411. The van der Waals surface area contributed by atoms with Gasteiger partial charge in [0, 0.05) is 12.6 Å². The normalized spacial score (nSPS) is 28.9. The summed E-state index contributed by atoms with van der Waals surface area (Å²) in [6, 6.07) is -0.133. The summed E-state index contributed by atoms with van der Waals surface area (Å²) in [5.41, 5.74) is 5.25. The van der Waals surface area contributed by atoms with E-state index in [0.29, 0.717) is 13.0 Å². The van der Waals surface area contributed by atoms with Crippen LogP contribution in [-0.2, 0) is 9.53 Å². The molecule has 0 amide bonds. The summed E-state index contributed by atoms with van der Waals surface area (Å²) in [4.78, 5) is 11.5. The van der Waals surface area contributed by atoms with E-state index < -0.39 is 5.60 Å². The first-order valence-electron chi connectivity index (χ1n) is 4.60. The zero-order chi connectivity index (χ0) is 10.1. The Balaban J connectivity index is 2.41. The van der Waals surface area contributed by atoms with Gasteiger partial charge >= 0.3 is 5.97 Å². The van der Waals surface area contributed by atoms with Gasteiger partial charge in [-0.1, -0.05) is 0 Å². The molecule has 0 aromatic carbocycles. The molecule has 4 nitrogen and oxygen atoms in total. The van der Waals surface area contributed by atoms with Crippen LogP contribution in [0.25, 0.3) is 0 Å². The second-order valence-corrected chi connectivity index (χ2v) is 4.49. The maximum atomic E-state index is 11.5. The van der Waals surface area contributed by atoms with E-state index in [2.05, 4.69) is 5.32 Å². The van der Waals surface area contributed by atoms with Crippen LogP contribution < -0.4 is 11.1 Å². The summed E-state index contributed by atoms with van der Waals surface area (Å²) in [6.45, 7) is 6.28. The minimum absolute atomic E-state index is 0.0810. The number of nitrogens with one attached hydrogen (secondary N) is 1. The van der Waals surface area contributed by atoms with Crippen molar-refractivity contribution in [1.29, 1.82) is 0 Å². The lowest BCUT2D eigenvalue weighted by Gasteiger charge is -2.21. The van der Waals surface area contributed by atoms with Crippen LogP contribution in [-0.4, -0.2) is 30.2 Å². The zero-order valence-electron chi connectivity index (χ0n) is 8.46. The molecule has 1 aliphatic heterocycles. The SMILES string of the molecule is CC(C)(C)OC(=O)C1C[C@@H](N)CN1. The Labute approximate surface area is 78.8 Å². The summed E-state index contributed by atoms with van der Waals surface area (Å²) in [7, 11) is 0. The van der Waals surface area contributed by atoms with Crippen molar-refractivity contribution in [3.63, 3.8) is 0 Å². The molecule has 0 aromatic rings. The average Bonchev–Trinajstić information content (AvgIpc) is 2.31. The third kappa shape index (κ3) is 3.32. The van der Waals surface area contributed by atoms with E-state index in [1.165, 1.54) is 0 Å². The maximum absolute atomic E-state index is 11.5. The van der Waals surface area contributed by atoms with Crippen molar-refractivity contribution < 1.29 is 9.53 Å². The average molecular weight is 186 g/mol. The Bertz CT molecular complexity index is 198. The predicted octanol–water partition coefficient (Wildman–Crippen LogP) is 0.0173. The van der Waals surface area contributed by atoms with Crippen LogP contribution in [0.1, 0.15) is 27.2 Å². The van der Waals surface area contributed by atoms with Gasteiger partial charge in [-0.05, 0) is 27.2 Å². The van der Waals surface area contributed by atoms with Crippen molar-refractivity contribution in [2.45, 2.75) is 44.9 Å². The molecule has 3 N–H and O–H groups in total. The van der Waals surface area contributed by atoms with E-state index in [1.54, 1.807) is 0 Å². The highest BCUT2D eigenvalue weighted by atomic mass is 16.6. The third-order valence-corrected chi connectivity index (χ3v) is 1.86. The number of carbonyl (C=O) groups is 1. The molecular formula is C9H18N2O2. The molecule has 0 spiro atoms. The molecule has 2 atom stereocenters. The monoisotopic (exact) mass is 186 g/mol. The van der Waals surface area contributed by atoms with Gasteiger partial charge in [0.05, 0.1) is 0 Å². The van der Waals surface area contributed by atoms with Crippen molar-refractivity contribution in [1.82, 2.24) is 5.32 Å². The van der Waals surface area contributed by atoms with Gasteiger partial charge < -0.3 is 15.8 Å². The second kappa shape index (κ2) is 3.64. The Morgan fingerprint density at radius 2 is 2.15 bits per heavy atom. The highest BCUT2D eigenvalue weighted by Gasteiger charge is 2.30. The van der Waals surface area contributed by atoms with Gasteiger partial charge in [0.1, 0.15) is 11.6 Å². The van der Waals surface area contributed by atoms with E-state index in [-0.39, 0.29) is 18.1 Å². The Kier molecular flexibility index (Phi) is 2.93. The zero-order valence-corrected chi connectivity index (χ0v) is 8.46. The Hall–Kier alpha value is -0.610. The van der Waals surface area contributed by atoms with E-state index in [4.69, 9.17) is 10.5 Å². The summed E-state index contributed by atoms with van der Waals surface area (Å²) >= 11 is 0. The van der Waals surface area contributed by atoms with Crippen molar-refractivity contribution in [2.24, 2.45) is 5.73 Å². The molecule has 4 heteroatoms. The molecule has 13 heavy (non-hydrogen) atoms. The van der Waals surface area contributed by atoms with Gasteiger partial charge in [-0.15, -0.1) is 0 Å². The van der Waals surface area contributed by atoms with Crippen LogP contribution >= 0.6 is 0 Å². The van der Waals surface area contributed by atoms with Gasteiger partial charge in [-0.3, -0.25) is 4.79 Å². The van der Waals surface area contributed by atoms with E-state index in [0.717, 1.165) is 0 Å². The molecule has 1 rings (SSSR count). The highest BCUT2D eigenvalue weighted by Crippen LogP contribution is 2.12. The molecule has 1 heterocycles. The molecule has 0 radical (unpaired) electrons. The van der Waals surface area contributed by atoms with Crippen molar-refractivity contribution in [3.05, 3.63) is 0 Å². The lowest BCUT2D eigenvalue weighted by Crippen LogP contribution is -2.37. The predicted molar refractivity (Wildman–Crippen MR) is 50.2 cm³/mol. The van der Waals surface area contributed by atoms with Gasteiger partial charge in [-0.2, -0.15) is 0 Å². The summed E-state index contributed by atoms with van der Waals surface area (Å²) in [5.74, 6) is -0.194. The molecular weight excluding hydrogens is 168 g/mol. The fourth-order valence-electron chi connectivity index (χ4n) is 1.32. The molecule has 0 saturated carbocycles. The number of nitrogens with two attached hydrogens (primary N) is 1. The number of hydrogen-bond donors (Lipinski definition) is 2. The quantitative estimate of drug-likeness (QED) is 0.566. The van der Waals surface area contributed by atoms with Crippen molar-refractivity contribution in [3.8, 4) is 0 Å². The number of esters is 1. The van der Waals surface area contributed by atoms with Gasteiger partial charge in [-0.25, -0.2) is 0 Å². The molecule has 1 fully saturated rings. The van der Waals surface area contributed by atoms with Crippen LogP contribution in [0.5, 0.6) is 0 Å². The molecule has 76 valence electrons. The minimum Gasteiger partial charge on any atom is -0.459 e. The van der Waals surface area contributed by atoms with Gasteiger partial charge in [0.2, 0.25) is 0 Å². The standard InChI is InChI=1S/C9H18N2O2/c1-9(2,3)13-8(12)7-4-6(10)5-11-7/h6-7,11H,4-5,10H2,1-3H3/t6-,7?/m1/s1. The number of ether oxygens (including phenoxy) is 1. The smallest absolute Gasteiger partial charge is 0.323 e. The van der Waals surface area contributed by atoms with Crippen LogP contribution in [0, 0.1) is 0 Å². The van der Waals surface area contributed by atoms with Gasteiger partial charge in [0.15, 0.2) is 0 Å². The molecule has 1 saturated heterocycles. The van der Waals surface area contributed by atoms with Crippen LogP contribution in [0.2, 0.25) is 0 Å². The van der Waals surface area contributed by atoms with Crippen molar-refractivity contribution >= 4 is 5.97 Å².